The number of nitrogens with zero attached hydrogens (tertiary/aromatic N) is 2. The lowest BCUT2D eigenvalue weighted by Gasteiger charge is -2.17. The van der Waals surface area contributed by atoms with Crippen LogP contribution >= 0.6 is 0 Å². The van der Waals surface area contributed by atoms with Gasteiger partial charge in [0, 0.05) is 19.0 Å². The van der Waals surface area contributed by atoms with Crippen molar-refractivity contribution in [2.75, 3.05) is 25.1 Å². The first kappa shape index (κ1) is 14.8. The summed E-state index contributed by atoms with van der Waals surface area (Å²) < 4.78 is 5.22. The number of rotatable bonds is 3. The van der Waals surface area contributed by atoms with Gasteiger partial charge in [0.1, 0.15) is 5.75 Å². The van der Waals surface area contributed by atoms with E-state index in [1.807, 2.05) is 30.3 Å². The summed E-state index contributed by atoms with van der Waals surface area (Å²) in [5.41, 5.74) is 1.95. The Balaban J connectivity index is 1.59. The summed E-state index contributed by atoms with van der Waals surface area (Å²) >= 11 is 0. The minimum Gasteiger partial charge on any atom is -0.497 e. The SMILES string of the molecule is COc1ccc(C2CCN(c3nc4ccccc4c(=O)[nH]3)C2)cc1. The lowest BCUT2D eigenvalue weighted by atomic mass is 9.98. The molecular weight excluding hydrogens is 302 g/mol. The van der Waals surface area contributed by atoms with E-state index in [0.29, 0.717) is 17.3 Å². The summed E-state index contributed by atoms with van der Waals surface area (Å²) in [6.07, 6.45) is 1.04. The molecule has 1 aliphatic heterocycles. The van der Waals surface area contributed by atoms with Crippen molar-refractivity contribution >= 4 is 16.9 Å². The summed E-state index contributed by atoms with van der Waals surface area (Å²) in [7, 11) is 1.67. The fraction of sp³-hybridized carbons (Fsp3) is 0.263. The minimum atomic E-state index is -0.0801. The molecule has 0 saturated carbocycles. The Bertz CT molecular complexity index is 918. The number of hydrogen-bond donors (Lipinski definition) is 1. The molecule has 0 amide bonds. The predicted octanol–water partition coefficient (Wildman–Crippen LogP) is 2.93. The van der Waals surface area contributed by atoms with E-state index >= 15 is 0 Å². The molecule has 0 bridgehead atoms. The maximum Gasteiger partial charge on any atom is 0.260 e. The van der Waals surface area contributed by atoms with Crippen LogP contribution in [0.25, 0.3) is 10.9 Å². The van der Waals surface area contributed by atoms with Crippen molar-refractivity contribution in [3.05, 3.63) is 64.4 Å². The summed E-state index contributed by atoms with van der Waals surface area (Å²) in [5.74, 6) is 1.97. The molecule has 2 aromatic carbocycles. The van der Waals surface area contributed by atoms with Gasteiger partial charge in [0.05, 0.1) is 18.0 Å². The van der Waals surface area contributed by atoms with Gasteiger partial charge in [0.25, 0.3) is 5.56 Å². The van der Waals surface area contributed by atoms with E-state index in [1.54, 1.807) is 13.2 Å². The number of para-hydroxylation sites is 1. The topological polar surface area (TPSA) is 58.2 Å². The first-order valence-electron chi connectivity index (χ1n) is 8.12. The highest BCUT2D eigenvalue weighted by Gasteiger charge is 2.25. The molecule has 0 spiro atoms. The van der Waals surface area contributed by atoms with Gasteiger partial charge in [0.15, 0.2) is 0 Å². The third-order valence-corrected chi connectivity index (χ3v) is 4.68. The van der Waals surface area contributed by atoms with E-state index in [0.717, 1.165) is 30.8 Å². The van der Waals surface area contributed by atoms with Crippen molar-refractivity contribution in [3.8, 4) is 5.75 Å². The summed E-state index contributed by atoms with van der Waals surface area (Å²) in [4.78, 5) is 21.9. The quantitative estimate of drug-likeness (QED) is 0.806. The summed E-state index contributed by atoms with van der Waals surface area (Å²) in [6, 6.07) is 15.7. The smallest absolute Gasteiger partial charge is 0.260 e. The van der Waals surface area contributed by atoms with Crippen molar-refractivity contribution in [1.82, 2.24) is 9.97 Å². The van der Waals surface area contributed by atoms with Crippen LogP contribution in [-0.4, -0.2) is 30.2 Å². The average molecular weight is 321 g/mol. The number of nitrogens with one attached hydrogen (secondary N) is 1. The van der Waals surface area contributed by atoms with E-state index in [-0.39, 0.29) is 5.56 Å². The molecule has 1 fully saturated rings. The Morgan fingerprint density at radius 1 is 1.17 bits per heavy atom. The van der Waals surface area contributed by atoms with E-state index < -0.39 is 0 Å². The predicted molar refractivity (Wildman–Crippen MR) is 94.9 cm³/mol. The van der Waals surface area contributed by atoms with Crippen molar-refractivity contribution < 1.29 is 4.74 Å². The van der Waals surface area contributed by atoms with Crippen molar-refractivity contribution in [2.24, 2.45) is 0 Å². The van der Waals surface area contributed by atoms with Crippen LogP contribution in [0.1, 0.15) is 17.9 Å². The third-order valence-electron chi connectivity index (χ3n) is 4.68. The van der Waals surface area contributed by atoms with Gasteiger partial charge in [-0.15, -0.1) is 0 Å². The Morgan fingerprint density at radius 3 is 2.75 bits per heavy atom. The number of benzene rings is 2. The van der Waals surface area contributed by atoms with Gasteiger partial charge in [-0.05, 0) is 36.2 Å². The second-order valence-electron chi connectivity index (χ2n) is 6.11. The van der Waals surface area contributed by atoms with Gasteiger partial charge < -0.3 is 9.64 Å². The van der Waals surface area contributed by atoms with Crippen LogP contribution in [0.15, 0.2) is 53.3 Å². The Kier molecular flexibility index (Phi) is 3.69. The molecule has 1 aromatic heterocycles. The highest BCUT2D eigenvalue weighted by molar-refractivity contribution is 5.78. The largest absolute Gasteiger partial charge is 0.497 e. The maximum atomic E-state index is 12.2. The number of aromatic amines is 1. The van der Waals surface area contributed by atoms with E-state index in [4.69, 9.17) is 4.74 Å². The van der Waals surface area contributed by atoms with E-state index in [9.17, 15) is 4.79 Å². The molecule has 0 aliphatic carbocycles. The highest BCUT2D eigenvalue weighted by atomic mass is 16.5. The van der Waals surface area contributed by atoms with Crippen LogP contribution in [0, 0.1) is 0 Å². The number of ether oxygens (including phenoxy) is 1. The Labute approximate surface area is 139 Å². The first-order chi connectivity index (χ1) is 11.7. The molecule has 1 unspecified atom stereocenters. The first-order valence-corrected chi connectivity index (χ1v) is 8.12. The third kappa shape index (κ3) is 2.62. The molecule has 1 N–H and O–H groups in total. The molecule has 1 saturated heterocycles. The molecular formula is C19H19N3O2. The van der Waals surface area contributed by atoms with Crippen LogP contribution in [0.4, 0.5) is 5.95 Å². The summed E-state index contributed by atoms with van der Waals surface area (Å²) in [6.45, 7) is 1.74. The van der Waals surface area contributed by atoms with E-state index in [1.165, 1.54) is 5.56 Å². The molecule has 5 nitrogen and oxygen atoms in total. The van der Waals surface area contributed by atoms with Gasteiger partial charge >= 0.3 is 0 Å². The van der Waals surface area contributed by atoms with Crippen molar-refractivity contribution in [2.45, 2.75) is 12.3 Å². The normalized spacial score (nSPS) is 17.4. The number of aromatic nitrogens is 2. The minimum absolute atomic E-state index is 0.0801. The second kappa shape index (κ2) is 6.00. The molecule has 3 aromatic rings. The lowest BCUT2D eigenvalue weighted by Crippen LogP contribution is -2.24. The molecule has 0 radical (unpaired) electrons. The van der Waals surface area contributed by atoms with E-state index in [2.05, 4.69) is 27.0 Å². The molecule has 122 valence electrons. The molecule has 1 aliphatic rings. The molecule has 5 heteroatoms. The zero-order valence-corrected chi connectivity index (χ0v) is 13.5. The Morgan fingerprint density at radius 2 is 1.96 bits per heavy atom. The van der Waals surface area contributed by atoms with Crippen molar-refractivity contribution in [1.29, 1.82) is 0 Å². The number of methoxy groups -OCH3 is 1. The van der Waals surface area contributed by atoms with Crippen molar-refractivity contribution in [3.63, 3.8) is 0 Å². The highest BCUT2D eigenvalue weighted by Crippen LogP contribution is 2.30. The zero-order chi connectivity index (χ0) is 16.5. The lowest BCUT2D eigenvalue weighted by molar-refractivity contribution is 0.414. The van der Waals surface area contributed by atoms with Gasteiger partial charge in [-0.1, -0.05) is 24.3 Å². The standard InChI is InChI=1S/C19H19N3O2/c1-24-15-8-6-13(7-9-15)14-10-11-22(12-14)19-20-17-5-3-2-4-16(17)18(23)21-19/h2-9,14H,10-12H2,1H3,(H,20,21,23). The monoisotopic (exact) mass is 321 g/mol. The molecule has 24 heavy (non-hydrogen) atoms. The number of fused-ring (bicyclic) bond motifs is 1. The molecule has 4 rings (SSSR count). The van der Waals surface area contributed by atoms with Gasteiger partial charge in [0.2, 0.25) is 5.95 Å². The average Bonchev–Trinajstić information content (AvgIpc) is 3.12. The molecule has 2 heterocycles. The van der Waals surface area contributed by atoms with Gasteiger partial charge in [-0.2, -0.15) is 0 Å². The number of H-pyrrole nitrogens is 1. The fourth-order valence-electron chi connectivity index (χ4n) is 3.32. The number of hydrogen-bond acceptors (Lipinski definition) is 4. The summed E-state index contributed by atoms with van der Waals surface area (Å²) in [5, 5.41) is 0.632. The van der Waals surface area contributed by atoms with Crippen LogP contribution in [0.5, 0.6) is 5.75 Å². The zero-order valence-electron chi connectivity index (χ0n) is 13.5. The Hall–Kier alpha value is -2.82. The van der Waals surface area contributed by atoms with Crippen LogP contribution < -0.4 is 15.2 Å². The second-order valence-corrected chi connectivity index (χ2v) is 6.11. The van der Waals surface area contributed by atoms with Gasteiger partial charge in [-0.3, -0.25) is 9.78 Å². The van der Waals surface area contributed by atoms with Gasteiger partial charge in [-0.25, -0.2) is 4.98 Å². The van der Waals surface area contributed by atoms with Crippen LogP contribution in [0.3, 0.4) is 0 Å². The number of anilines is 1. The molecule has 1 atom stereocenters. The fourth-order valence-corrected chi connectivity index (χ4v) is 3.32. The maximum absolute atomic E-state index is 12.2. The van der Waals surface area contributed by atoms with Crippen LogP contribution in [0.2, 0.25) is 0 Å². The van der Waals surface area contributed by atoms with Crippen LogP contribution in [-0.2, 0) is 0 Å².